The quantitative estimate of drug-likeness (QED) is 0.843. The minimum atomic E-state index is 0.170. The molecule has 1 N–H and O–H groups in total. The topological polar surface area (TPSA) is 35.6 Å². The van der Waals surface area contributed by atoms with Gasteiger partial charge in [-0.2, -0.15) is 0 Å². The second-order valence-corrected chi connectivity index (χ2v) is 6.12. The van der Waals surface area contributed by atoms with Gasteiger partial charge in [0.05, 0.1) is 0 Å². The molecule has 2 aliphatic heterocycles. The Morgan fingerprint density at radius 2 is 2.00 bits per heavy atom. The Bertz CT molecular complexity index is 497. The van der Waals surface area contributed by atoms with E-state index in [1.165, 1.54) is 38.0 Å². The molecule has 3 rings (SSSR count). The van der Waals surface area contributed by atoms with E-state index in [1.54, 1.807) is 4.90 Å². The number of likely N-dealkylation sites (tertiary alicyclic amines) is 1. The molecular weight excluding hydrogens is 262 g/mol. The molecule has 1 fully saturated rings. The number of carbonyl (C=O) groups is 1. The lowest BCUT2D eigenvalue weighted by atomic mass is 9.96. The Hall–Kier alpha value is -1.39. The van der Waals surface area contributed by atoms with E-state index in [1.807, 2.05) is 19.2 Å². The first-order chi connectivity index (χ1) is 10.3. The van der Waals surface area contributed by atoms with E-state index in [2.05, 4.69) is 22.3 Å². The molecule has 0 aromatic heterocycles. The number of anilines is 1. The Kier molecular flexibility index (Phi) is 4.56. The fourth-order valence-corrected chi connectivity index (χ4v) is 3.41. The molecule has 1 atom stereocenters. The number of rotatable bonds is 5. The third-order valence-corrected chi connectivity index (χ3v) is 4.67. The number of hydrogen-bond acceptors (Lipinski definition) is 3. The molecule has 2 aliphatic rings. The lowest BCUT2D eigenvalue weighted by Gasteiger charge is -2.32. The van der Waals surface area contributed by atoms with Crippen LogP contribution in [0.3, 0.4) is 0 Å². The van der Waals surface area contributed by atoms with E-state index in [0.717, 1.165) is 18.7 Å². The summed E-state index contributed by atoms with van der Waals surface area (Å²) in [6.45, 7) is 4.67. The molecule has 4 heteroatoms. The van der Waals surface area contributed by atoms with Crippen LogP contribution in [0.1, 0.15) is 37.3 Å². The Morgan fingerprint density at radius 1 is 1.24 bits per heavy atom. The predicted octanol–water partition coefficient (Wildman–Crippen LogP) is 2.17. The summed E-state index contributed by atoms with van der Waals surface area (Å²) in [6, 6.07) is 8.39. The van der Waals surface area contributed by atoms with Crippen LogP contribution < -0.4 is 10.2 Å². The van der Waals surface area contributed by atoms with Gasteiger partial charge in [-0.1, -0.05) is 18.2 Å². The van der Waals surface area contributed by atoms with Crippen molar-refractivity contribution in [2.75, 3.05) is 38.1 Å². The summed E-state index contributed by atoms with van der Waals surface area (Å²) in [4.78, 5) is 16.4. The summed E-state index contributed by atoms with van der Waals surface area (Å²) >= 11 is 0. The molecule has 1 unspecified atom stereocenters. The smallest absolute Gasteiger partial charge is 0.228 e. The SMILES string of the molecule is CN1C(=O)CC(NCCCN2CCCC2)c2ccccc21. The molecule has 1 aromatic carbocycles. The number of benzene rings is 1. The van der Waals surface area contributed by atoms with Crippen molar-refractivity contribution in [1.29, 1.82) is 0 Å². The molecule has 114 valence electrons. The molecule has 1 aromatic rings. The third kappa shape index (κ3) is 3.27. The van der Waals surface area contributed by atoms with Gasteiger partial charge in [-0.3, -0.25) is 4.79 Å². The lowest BCUT2D eigenvalue weighted by molar-refractivity contribution is -0.119. The normalized spacial score (nSPS) is 22.6. The monoisotopic (exact) mass is 287 g/mol. The molecule has 0 aliphatic carbocycles. The molecule has 1 amide bonds. The van der Waals surface area contributed by atoms with Crippen molar-refractivity contribution in [3.8, 4) is 0 Å². The number of para-hydroxylation sites is 1. The average Bonchev–Trinajstić information content (AvgIpc) is 3.02. The minimum absolute atomic E-state index is 0.170. The van der Waals surface area contributed by atoms with Gasteiger partial charge in [0.15, 0.2) is 0 Å². The fourth-order valence-electron chi connectivity index (χ4n) is 3.41. The molecule has 0 saturated carbocycles. The van der Waals surface area contributed by atoms with Crippen LogP contribution in [-0.4, -0.2) is 44.0 Å². The van der Waals surface area contributed by atoms with Crippen molar-refractivity contribution in [1.82, 2.24) is 10.2 Å². The molecule has 0 radical (unpaired) electrons. The molecule has 21 heavy (non-hydrogen) atoms. The van der Waals surface area contributed by atoms with Gasteiger partial charge in [0, 0.05) is 25.2 Å². The zero-order valence-electron chi connectivity index (χ0n) is 12.8. The van der Waals surface area contributed by atoms with Gasteiger partial charge in [0.2, 0.25) is 5.91 Å². The van der Waals surface area contributed by atoms with Crippen molar-refractivity contribution in [3.05, 3.63) is 29.8 Å². The number of amides is 1. The van der Waals surface area contributed by atoms with E-state index in [4.69, 9.17) is 0 Å². The second-order valence-electron chi connectivity index (χ2n) is 6.12. The third-order valence-electron chi connectivity index (χ3n) is 4.67. The summed E-state index contributed by atoms with van der Waals surface area (Å²) < 4.78 is 0. The molecule has 0 spiro atoms. The average molecular weight is 287 g/mol. The maximum absolute atomic E-state index is 12.1. The predicted molar refractivity (Wildman–Crippen MR) is 85.5 cm³/mol. The number of carbonyl (C=O) groups excluding carboxylic acids is 1. The lowest BCUT2D eigenvalue weighted by Crippen LogP contribution is -2.38. The van der Waals surface area contributed by atoms with Crippen molar-refractivity contribution in [3.63, 3.8) is 0 Å². The van der Waals surface area contributed by atoms with Crippen molar-refractivity contribution in [2.24, 2.45) is 0 Å². The van der Waals surface area contributed by atoms with E-state index >= 15 is 0 Å². The van der Waals surface area contributed by atoms with Crippen molar-refractivity contribution < 1.29 is 4.79 Å². The largest absolute Gasteiger partial charge is 0.315 e. The Labute approximate surface area is 127 Å². The van der Waals surface area contributed by atoms with E-state index in [9.17, 15) is 4.79 Å². The van der Waals surface area contributed by atoms with Gasteiger partial charge < -0.3 is 15.1 Å². The highest BCUT2D eigenvalue weighted by Crippen LogP contribution is 2.33. The zero-order chi connectivity index (χ0) is 14.7. The van der Waals surface area contributed by atoms with Crippen LogP contribution in [0.2, 0.25) is 0 Å². The van der Waals surface area contributed by atoms with Gasteiger partial charge in [-0.15, -0.1) is 0 Å². The summed E-state index contributed by atoms with van der Waals surface area (Å²) in [6.07, 6.45) is 4.43. The van der Waals surface area contributed by atoms with Gasteiger partial charge in [0.25, 0.3) is 0 Å². The molecule has 1 saturated heterocycles. The molecule has 4 nitrogen and oxygen atoms in total. The van der Waals surface area contributed by atoms with Gasteiger partial charge >= 0.3 is 0 Å². The first-order valence-electron chi connectivity index (χ1n) is 8.07. The molecule has 0 bridgehead atoms. The first-order valence-corrected chi connectivity index (χ1v) is 8.07. The second kappa shape index (κ2) is 6.58. The van der Waals surface area contributed by atoms with E-state index in [-0.39, 0.29) is 11.9 Å². The Balaban J connectivity index is 1.55. The summed E-state index contributed by atoms with van der Waals surface area (Å²) in [5.74, 6) is 0.200. The maximum Gasteiger partial charge on any atom is 0.228 e. The number of nitrogens with zero attached hydrogens (tertiary/aromatic N) is 2. The highest BCUT2D eigenvalue weighted by atomic mass is 16.2. The van der Waals surface area contributed by atoms with Crippen LogP contribution in [0.15, 0.2) is 24.3 Å². The highest BCUT2D eigenvalue weighted by Gasteiger charge is 2.28. The van der Waals surface area contributed by atoms with Gasteiger partial charge in [-0.05, 0) is 57.1 Å². The fraction of sp³-hybridized carbons (Fsp3) is 0.588. The van der Waals surface area contributed by atoms with Crippen LogP contribution in [0.5, 0.6) is 0 Å². The van der Waals surface area contributed by atoms with Crippen molar-refractivity contribution in [2.45, 2.75) is 31.7 Å². The molecular formula is C17H25N3O. The first kappa shape index (κ1) is 14.5. The van der Waals surface area contributed by atoms with Crippen LogP contribution in [-0.2, 0) is 4.79 Å². The highest BCUT2D eigenvalue weighted by molar-refractivity contribution is 5.96. The van der Waals surface area contributed by atoms with Crippen LogP contribution >= 0.6 is 0 Å². The number of fused-ring (bicyclic) bond motifs is 1. The minimum Gasteiger partial charge on any atom is -0.315 e. The van der Waals surface area contributed by atoms with Crippen LogP contribution in [0, 0.1) is 0 Å². The van der Waals surface area contributed by atoms with E-state index in [0.29, 0.717) is 6.42 Å². The van der Waals surface area contributed by atoms with Crippen molar-refractivity contribution >= 4 is 11.6 Å². The zero-order valence-corrected chi connectivity index (χ0v) is 12.8. The maximum atomic E-state index is 12.1. The Morgan fingerprint density at radius 3 is 2.81 bits per heavy atom. The standard InChI is InChI=1S/C17H25N3O/c1-19-16-8-3-2-7-14(16)15(13-17(19)21)18-9-6-12-20-10-4-5-11-20/h2-3,7-8,15,18H,4-6,9-13H2,1H3. The molecule has 2 heterocycles. The summed E-state index contributed by atoms with van der Waals surface area (Å²) in [5, 5.41) is 3.58. The summed E-state index contributed by atoms with van der Waals surface area (Å²) in [5.41, 5.74) is 2.30. The van der Waals surface area contributed by atoms with Gasteiger partial charge in [-0.25, -0.2) is 0 Å². The summed E-state index contributed by atoms with van der Waals surface area (Å²) in [7, 11) is 1.87. The van der Waals surface area contributed by atoms with Crippen LogP contribution in [0.4, 0.5) is 5.69 Å². The van der Waals surface area contributed by atoms with Crippen LogP contribution in [0.25, 0.3) is 0 Å². The number of nitrogens with one attached hydrogen (secondary N) is 1. The number of hydrogen-bond donors (Lipinski definition) is 1. The van der Waals surface area contributed by atoms with E-state index < -0.39 is 0 Å². The van der Waals surface area contributed by atoms with Gasteiger partial charge in [0.1, 0.15) is 0 Å².